The number of halogens is 5. The van der Waals surface area contributed by atoms with Gasteiger partial charge in [-0.1, -0.05) is 11.6 Å². The Morgan fingerprint density at radius 3 is 2.33 bits per heavy atom. The molecule has 0 saturated carbocycles. The molecule has 2 nitrogen and oxygen atoms in total. The van der Waals surface area contributed by atoms with E-state index in [4.69, 9.17) is 22.4 Å². The summed E-state index contributed by atoms with van der Waals surface area (Å²) in [6, 6.07) is -1.25. The summed E-state index contributed by atoms with van der Waals surface area (Å²) >= 11 is 5.27. The molecule has 1 rings (SSSR count). The van der Waals surface area contributed by atoms with Crippen LogP contribution < -0.4 is 5.73 Å². The first-order chi connectivity index (χ1) is 6.73. The van der Waals surface area contributed by atoms with Crippen molar-refractivity contribution in [2.75, 3.05) is 0 Å². The van der Waals surface area contributed by atoms with Crippen molar-refractivity contribution in [1.29, 1.82) is 0 Å². The van der Waals surface area contributed by atoms with Crippen LogP contribution in [-0.2, 0) is 0 Å². The van der Waals surface area contributed by atoms with Gasteiger partial charge in [-0.15, -0.1) is 0 Å². The van der Waals surface area contributed by atoms with Crippen molar-refractivity contribution in [3.05, 3.63) is 28.5 Å². The predicted molar refractivity (Wildman–Crippen MR) is 46.1 cm³/mol. The van der Waals surface area contributed by atoms with Crippen LogP contribution in [0.5, 0.6) is 5.75 Å². The zero-order valence-electron chi connectivity index (χ0n) is 7.15. The minimum atomic E-state index is -4.72. The Labute approximate surface area is 87.3 Å². The largest absolute Gasteiger partial charge is 0.507 e. The Hall–Kier alpha value is -1.01. The third kappa shape index (κ3) is 2.51. The van der Waals surface area contributed by atoms with Crippen LogP contribution in [0.15, 0.2) is 12.1 Å². The maximum atomic E-state index is 12.7. The molecule has 0 unspecified atom stereocenters. The molecule has 1 atom stereocenters. The monoisotopic (exact) mass is 243 g/mol. The molecule has 0 aliphatic rings. The van der Waals surface area contributed by atoms with E-state index in [0.717, 1.165) is 0 Å². The molecular weight excluding hydrogens is 238 g/mol. The molecule has 0 fully saturated rings. The van der Waals surface area contributed by atoms with Gasteiger partial charge in [0.25, 0.3) is 0 Å². The highest BCUT2D eigenvalue weighted by molar-refractivity contribution is 6.30. The molecule has 7 heteroatoms. The lowest BCUT2D eigenvalue weighted by Crippen LogP contribution is -2.28. The summed E-state index contributed by atoms with van der Waals surface area (Å²) in [5.41, 5.74) is 4.17. The van der Waals surface area contributed by atoms with E-state index in [9.17, 15) is 17.6 Å². The van der Waals surface area contributed by atoms with Gasteiger partial charge in [-0.3, -0.25) is 0 Å². The maximum Gasteiger partial charge on any atom is 0.407 e. The van der Waals surface area contributed by atoms with Crippen molar-refractivity contribution in [2.45, 2.75) is 12.2 Å². The molecule has 3 N–H and O–H groups in total. The van der Waals surface area contributed by atoms with Crippen molar-refractivity contribution in [2.24, 2.45) is 5.73 Å². The Bertz CT molecular complexity index is 380. The minimum absolute atomic E-state index is 0.489. The highest BCUT2D eigenvalue weighted by atomic mass is 35.5. The van der Waals surface area contributed by atoms with Crippen LogP contribution in [0.25, 0.3) is 0 Å². The topological polar surface area (TPSA) is 46.2 Å². The van der Waals surface area contributed by atoms with Crippen molar-refractivity contribution in [3.8, 4) is 5.75 Å². The van der Waals surface area contributed by atoms with Gasteiger partial charge in [-0.2, -0.15) is 13.2 Å². The molecule has 0 aliphatic carbocycles. The molecule has 0 saturated heterocycles. The number of phenolic OH excluding ortho intramolecular Hbond substituents is 1. The standard InChI is InChI=1S/C8H6ClF4NO/c9-4-1-3(6(15)2-5(4)10)7(14)8(11,12)13/h1-2,7,15H,14H2/t7-/m0/s1. The van der Waals surface area contributed by atoms with Gasteiger partial charge in [0, 0.05) is 11.6 Å². The van der Waals surface area contributed by atoms with E-state index in [1.807, 2.05) is 0 Å². The number of hydrogen-bond acceptors (Lipinski definition) is 2. The van der Waals surface area contributed by atoms with Gasteiger partial charge >= 0.3 is 6.18 Å². The summed E-state index contributed by atoms with van der Waals surface area (Å²) in [5, 5.41) is 8.55. The van der Waals surface area contributed by atoms with Gasteiger partial charge in [0.1, 0.15) is 17.6 Å². The number of rotatable bonds is 1. The lowest BCUT2D eigenvalue weighted by atomic mass is 10.1. The van der Waals surface area contributed by atoms with E-state index in [1.165, 1.54) is 0 Å². The molecule has 0 spiro atoms. The van der Waals surface area contributed by atoms with Crippen LogP contribution in [-0.4, -0.2) is 11.3 Å². The molecule has 84 valence electrons. The first kappa shape index (κ1) is 12.1. The fraction of sp³-hybridized carbons (Fsp3) is 0.250. The molecule has 0 radical (unpaired) electrons. The summed E-state index contributed by atoms with van der Waals surface area (Å²) < 4.78 is 49.2. The fourth-order valence-electron chi connectivity index (χ4n) is 0.977. The Morgan fingerprint density at radius 2 is 1.87 bits per heavy atom. The smallest absolute Gasteiger partial charge is 0.407 e. The molecule has 1 aromatic carbocycles. The number of nitrogens with two attached hydrogens (primary N) is 1. The SMILES string of the molecule is N[C@@H](c1cc(Cl)c(F)cc1O)C(F)(F)F. The average molecular weight is 244 g/mol. The zero-order chi connectivity index (χ0) is 11.8. The second-order valence-electron chi connectivity index (χ2n) is 2.84. The molecule has 0 aliphatic heterocycles. The Morgan fingerprint density at radius 1 is 1.33 bits per heavy atom. The number of benzene rings is 1. The van der Waals surface area contributed by atoms with E-state index in [0.29, 0.717) is 12.1 Å². The van der Waals surface area contributed by atoms with Crippen LogP contribution >= 0.6 is 11.6 Å². The van der Waals surface area contributed by atoms with Gasteiger partial charge in [-0.25, -0.2) is 4.39 Å². The zero-order valence-corrected chi connectivity index (χ0v) is 7.90. The molecule has 0 heterocycles. The van der Waals surface area contributed by atoms with Crippen LogP contribution in [0.4, 0.5) is 17.6 Å². The van der Waals surface area contributed by atoms with Gasteiger partial charge in [0.15, 0.2) is 0 Å². The van der Waals surface area contributed by atoms with Gasteiger partial charge < -0.3 is 10.8 Å². The first-order valence-electron chi connectivity index (χ1n) is 3.73. The number of aromatic hydroxyl groups is 1. The number of phenols is 1. The van der Waals surface area contributed by atoms with Gasteiger partial charge in [-0.05, 0) is 6.07 Å². The summed E-state index contributed by atoms with van der Waals surface area (Å²) in [6.45, 7) is 0. The summed E-state index contributed by atoms with van der Waals surface area (Å²) in [7, 11) is 0. The highest BCUT2D eigenvalue weighted by Crippen LogP contribution is 2.37. The van der Waals surface area contributed by atoms with E-state index in [1.54, 1.807) is 0 Å². The maximum absolute atomic E-state index is 12.7. The van der Waals surface area contributed by atoms with E-state index in [-0.39, 0.29) is 0 Å². The van der Waals surface area contributed by atoms with Gasteiger partial charge in [0.05, 0.1) is 5.02 Å². The minimum Gasteiger partial charge on any atom is -0.507 e. The van der Waals surface area contributed by atoms with Crippen molar-refractivity contribution < 1.29 is 22.7 Å². The average Bonchev–Trinajstić information content (AvgIpc) is 2.08. The van der Waals surface area contributed by atoms with Crippen LogP contribution in [0.3, 0.4) is 0 Å². The molecule has 0 aromatic heterocycles. The summed E-state index contributed by atoms with van der Waals surface area (Å²) in [5.74, 6) is -1.88. The Balaban J connectivity index is 3.21. The van der Waals surface area contributed by atoms with Crippen molar-refractivity contribution in [1.82, 2.24) is 0 Å². The van der Waals surface area contributed by atoms with Crippen LogP contribution in [0, 0.1) is 5.82 Å². The van der Waals surface area contributed by atoms with Crippen LogP contribution in [0.2, 0.25) is 5.02 Å². The normalized spacial score (nSPS) is 14.0. The van der Waals surface area contributed by atoms with E-state index < -0.39 is 34.4 Å². The van der Waals surface area contributed by atoms with Crippen molar-refractivity contribution >= 4 is 11.6 Å². The lowest BCUT2D eigenvalue weighted by molar-refractivity contribution is -0.149. The molecule has 15 heavy (non-hydrogen) atoms. The first-order valence-corrected chi connectivity index (χ1v) is 4.11. The fourth-order valence-corrected chi connectivity index (χ4v) is 1.15. The van der Waals surface area contributed by atoms with Crippen LogP contribution in [0.1, 0.15) is 11.6 Å². The summed E-state index contributed by atoms with van der Waals surface area (Å²) in [6.07, 6.45) is -4.72. The molecular formula is C8H6ClF4NO. The number of alkyl halides is 3. The second-order valence-corrected chi connectivity index (χ2v) is 3.25. The van der Waals surface area contributed by atoms with E-state index >= 15 is 0 Å². The molecule has 1 aromatic rings. The predicted octanol–water partition coefficient (Wildman–Crippen LogP) is 2.75. The van der Waals surface area contributed by atoms with E-state index in [2.05, 4.69) is 0 Å². The third-order valence-corrected chi connectivity index (χ3v) is 2.05. The summed E-state index contributed by atoms with van der Waals surface area (Å²) in [4.78, 5) is 0. The third-order valence-electron chi connectivity index (χ3n) is 1.76. The van der Waals surface area contributed by atoms with Crippen molar-refractivity contribution in [3.63, 3.8) is 0 Å². The Kier molecular flexibility index (Phi) is 3.11. The quantitative estimate of drug-likeness (QED) is 0.745. The highest BCUT2D eigenvalue weighted by Gasteiger charge is 2.39. The second kappa shape index (κ2) is 3.86. The lowest BCUT2D eigenvalue weighted by Gasteiger charge is -2.17. The molecule has 0 amide bonds. The molecule has 0 bridgehead atoms. The van der Waals surface area contributed by atoms with Gasteiger partial charge in [0.2, 0.25) is 0 Å². The number of hydrogen-bond donors (Lipinski definition) is 2.